The first kappa shape index (κ1) is 16.5. The van der Waals surface area contributed by atoms with Gasteiger partial charge in [0.2, 0.25) is 0 Å². The number of unbranched alkanes of at least 4 members (excludes halogenated alkanes) is 7. The topological polar surface area (TPSA) is 57.5 Å². The zero-order valence-corrected chi connectivity index (χ0v) is 12.4. The first-order valence-electron chi connectivity index (χ1n) is 7.69. The fourth-order valence-corrected chi connectivity index (χ4v) is 2.32. The number of hydrogen-bond acceptors (Lipinski definition) is 3. The quantitative estimate of drug-likeness (QED) is 0.477. The van der Waals surface area contributed by atoms with Crippen molar-refractivity contribution in [2.45, 2.75) is 64.7 Å². The number of carbonyl (C=O) groups is 1. The summed E-state index contributed by atoms with van der Waals surface area (Å²) in [6.45, 7) is 2.21. The number of benzene rings is 1. The molecule has 0 radical (unpaired) electrons. The standard InChI is InChI=1S/C17H26O3/c1-2-3-4-5-6-7-8-9-10-17(20)14-11-15(18)13-16(19)12-14/h11-13,18-19H,2-10H2,1H3. The minimum atomic E-state index is -0.0655. The molecule has 112 valence electrons. The molecule has 1 aromatic carbocycles. The summed E-state index contributed by atoms with van der Waals surface area (Å²) in [7, 11) is 0. The third kappa shape index (κ3) is 6.60. The van der Waals surface area contributed by atoms with Gasteiger partial charge in [-0.05, 0) is 18.6 Å². The smallest absolute Gasteiger partial charge is 0.163 e. The van der Waals surface area contributed by atoms with Crippen molar-refractivity contribution in [1.82, 2.24) is 0 Å². The molecule has 1 rings (SSSR count). The van der Waals surface area contributed by atoms with Crippen LogP contribution >= 0.6 is 0 Å². The van der Waals surface area contributed by atoms with E-state index in [9.17, 15) is 15.0 Å². The molecule has 0 unspecified atom stereocenters. The third-order valence-electron chi connectivity index (χ3n) is 3.48. The van der Waals surface area contributed by atoms with Crippen LogP contribution in [0.1, 0.15) is 75.1 Å². The Morgan fingerprint density at radius 3 is 1.90 bits per heavy atom. The van der Waals surface area contributed by atoms with Crippen LogP contribution in [0.2, 0.25) is 0 Å². The van der Waals surface area contributed by atoms with Gasteiger partial charge in [-0.25, -0.2) is 0 Å². The molecule has 0 saturated carbocycles. The summed E-state index contributed by atoms with van der Waals surface area (Å²) >= 11 is 0. The maximum absolute atomic E-state index is 11.9. The van der Waals surface area contributed by atoms with Crippen molar-refractivity contribution in [1.29, 1.82) is 0 Å². The van der Waals surface area contributed by atoms with Crippen LogP contribution in [0.15, 0.2) is 18.2 Å². The highest BCUT2D eigenvalue weighted by Crippen LogP contribution is 2.22. The monoisotopic (exact) mass is 278 g/mol. The molecule has 0 heterocycles. The van der Waals surface area contributed by atoms with E-state index >= 15 is 0 Å². The Hall–Kier alpha value is -1.51. The van der Waals surface area contributed by atoms with Gasteiger partial charge in [0.05, 0.1) is 0 Å². The van der Waals surface area contributed by atoms with Gasteiger partial charge >= 0.3 is 0 Å². The molecule has 0 atom stereocenters. The lowest BCUT2D eigenvalue weighted by molar-refractivity contribution is 0.0978. The van der Waals surface area contributed by atoms with Gasteiger partial charge in [0, 0.05) is 18.1 Å². The molecule has 1 aromatic rings. The average Bonchev–Trinajstić information content (AvgIpc) is 2.40. The van der Waals surface area contributed by atoms with E-state index < -0.39 is 0 Å². The van der Waals surface area contributed by atoms with Crippen LogP contribution in [0.4, 0.5) is 0 Å². The molecule has 20 heavy (non-hydrogen) atoms. The molecular weight excluding hydrogens is 252 g/mol. The Morgan fingerprint density at radius 2 is 1.35 bits per heavy atom. The normalized spacial score (nSPS) is 10.7. The predicted octanol–water partition coefficient (Wildman–Crippen LogP) is 4.81. The van der Waals surface area contributed by atoms with E-state index in [0.29, 0.717) is 12.0 Å². The van der Waals surface area contributed by atoms with Crippen molar-refractivity contribution in [3.05, 3.63) is 23.8 Å². The van der Waals surface area contributed by atoms with Crippen LogP contribution in [0.25, 0.3) is 0 Å². The molecule has 0 fully saturated rings. The van der Waals surface area contributed by atoms with Crippen molar-refractivity contribution in [3.63, 3.8) is 0 Å². The number of hydrogen-bond donors (Lipinski definition) is 2. The Balaban J connectivity index is 2.17. The van der Waals surface area contributed by atoms with Crippen LogP contribution in [0.5, 0.6) is 11.5 Å². The molecular formula is C17H26O3. The molecule has 0 saturated heterocycles. The number of rotatable bonds is 10. The summed E-state index contributed by atoms with van der Waals surface area (Å²) in [5.41, 5.74) is 0.394. The van der Waals surface area contributed by atoms with Gasteiger partial charge in [0.1, 0.15) is 11.5 Å². The van der Waals surface area contributed by atoms with Crippen LogP contribution in [0, 0.1) is 0 Å². The fraction of sp³-hybridized carbons (Fsp3) is 0.588. The average molecular weight is 278 g/mol. The summed E-state index contributed by atoms with van der Waals surface area (Å²) in [6, 6.07) is 4.05. The second kappa shape index (κ2) is 9.40. The molecule has 0 aromatic heterocycles. The van der Waals surface area contributed by atoms with Gasteiger partial charge in [0.25, 0.3) is 0 Å². The molecule has 0 amide bonds. The van der Waals surface area contributed by atoms with Gasteiger partial charge < -0.3 is 10.2 Å². The second-order valence-electron chi connectivity index (χ2n) is 5.39. The van der Waals surface area contributed by atoms with E-state index in [4.69, 9.17) is 0 Å². The van der Waals surface area contributed by atoms with E-state index in [-0.39, 0.29) is 17.3 Å². The van der Waals surface area contributed by atoms with Crippen LogP contribution in [0.3, 0.4) is 0 Å². The zero-order valence-electron chi connectivity index (χ0n) is 12.4. The number of aromatic hydroxyl groups is 2. The van der Waals surface area contributed by atoms with Crippen LogP contribution < -0.4 is 0 Å². The lowest BCUT2D eigenvalue weighted by Gasteiger charge is -2.04. The summed E-state index contributed by atoms with van der Waals surface area (Å²) in [4.78, 5) is 11.9. The highest BCUT2D eigenvalue weighted by atomic mass is 16.3. The number of Topliss-reactive ketones (excluding diaryl/α,β-unsaturated/α-hetero) is 1. The molecule has 3 heteroatoms. The van der Waals surface area contributed by atoms with Crippen molar-refractivity contribution < 1.29 is 15.0 Å². The molecule has 0 bridgehead atoms. The second-order valence-corrected chi connectivity index (χ2v) is 5.39. The highest BCUT2D eigenvalue weighted by Gasteiger charge is 2.08. The van der Waals surface area contributed by atoms with Gasteiger partial charge in [-0.2, -0.15) is 0 Å². The molecule has 0 spiro atoms. The number of carbonyl (C=O) groups excluding carboxylic acids is 1. The molecule has 3 nitrogen and oxygen atoms in total. The van der Waals surface area contributed by atoms with Gasteiger partial charge in [-0.1, -0.05) is 51.9 Å². The molecule has 0 aliphatic heterocycles. The van der Waals surface area contributed by atoms with E-state index in [1.165, 1.54) is 56.7 Å². The van der Waals surface area contributed by atoms with Crippen molar-refractivity contribution >= 4 is 5.78 Å². The van der Waals surface area contributed by atoms with E-state index in [1.54, 1.807) is 0 Å². The third-order valence-corrected chi connectivity index (χ3v) is 3.48. The van der Waals surface area contributed by atoms with E-state index in [2.05, 4.69) is 6.92 Å². The summed E-state index contributed by atoms with van der Waals surface area (Å²) < 4.78 is 0. The van der Waals surface area contributed by atoms with Gasteiger partial charge in [0.15, 0.2) is 5.78 Å². The SMILES string of the molecule is CCCCCCCCCCC(=O)c1cc(O)cc(O)c1. The summed E-state index contributed by atoms with van der Waals surface area (Å²) in [5, 5.41) is 18.7. The predicted molar refractivity (Wildman–Crippen MR) is 81.3 cm³/mol. The van der Waals surface area contributed by atoms with Crippen LogP contribution in [-0.2, 0) is 0 Å². The maximum atomic E-state index is 11.9. The molecule has 2 N–H and O–H groups in total. The maximum Gasteiger partial charge on any atom is 0.163 e. The first-order valence-corrected chi connectivity index (χ1v) is 7.69. The number of phenolic OH excluding ortho intramolecular Hbond substituents is 2. The lowest BCUT2D eigenvalue weighted by atomic mass is 10.0. The van der Waals surface area contributed by atoms with E-state index in [1.807, 2.05) is 0 Å². The summed E-state index contributed by atoms with van der Waals surface area (Å²) in [5.74, 6) is -0.143. The Kier molecular flexibility index (Phi) is 7.78. The minimum absolute atomic E-state index is 0.0119. The highest BCUT2D eigenvalue weighted by molar-refractivity contribution is 5.96. The van der Waals surface area contributed by atoms with Crippen LogP contribution in [-0.4, -0.2) is 16.0 Å². The van der Waals surface area contributed by atoms with Crippen molar-refractivity contribution in [3.8, 4) is 11.5 Å². The van der Waals surface area contributed by atoms with Crippen molar-refractivity contribution in [2.75, 3.05) is 0 Å². The molecule has 0 aliphatic carbocycles. The van der Waals surface area contributed by atoms with Gasteiger partial charge in [-0.15, -0.1) is 0 Å². The van der Waals surface area contributed by atoms with Crippen molar-refractivity contribution in [2.24, 2.45) is 0 Å². The number of phenols is 2. The zero-order chi connectivity index (χ0) is 14.8. The first-order chi connectivity index (χ1) is 9.63. The Labute approximate surface area is 121 Å². The Morgan fingerprint density at radius 1 is 0.850 bits per heavy atom. The minimum Gasteiger partial charge on any atom is -0.508 e. The Bertz CT molecular complexity index is 392. The number of ketones is 1. The largest absolute Gasteiger partial charge is 0.508 e. The fourth-order valence-electron chi connectivity index (χ4n) is 2.32. The molecule has 0 aliphatic rings. The van der Waals surface area contributed by atoms with E-state index in [0.717, 1.165) is 12.8 Å². The lowest BCUT2D eigenvalue weighted by Crippen LogP contribution is -1.98. The summed E-state index contributed by atoms with van der Waals surface area (Å²) in [6.07, 6.45) is 10.1. The van der Waals surface area contributed by atoms with Gasteiger partial charge in [-0.3, -0.25) is 4.79 Å².